The molecule has 1 aliphatic heterocycles. The van der Waals surface area contributed by atoms with E-state index in [1.54, 1.807) is 7.11 Å². The number of ether oxygens (including phenoxy) is 1. The summed E-state index contributed by atoms with van der Waals surface area (Å²) in [6.45, 7) is 4.58. The standard InChI is InChI=1S/C18H23N3O3/c1-18(2)8-13(20-11-4-6-12(24-3)7-5-11)16-14(9-18)21-15(10-19-16)17(22)23/h4-7,13,15,20H,8-10H2,1-3H3,(H,22,23). The van der Waals surface area contributed by atoms with Gasteiger partial charge >= 0.3 is 5.97 Å². The van der Waals surface area contributed by atoms with Crippen molar-refractivity contribution in [3.8, 4) is 5.75 Å². The molecule has 1 aromatic carbocycles. The molecule has 1 heterocycles. The molecule has 6 nitrogen and oxygen atoms in total. The predicted molar refractivity (Wildman–Crippen MR) is 94.6 cm³/mol. The molecule has 0 saturated heterocycles. The fourth-order valence-electron chi connectivity index (χ4n) is 3.33. The normalized spacial score (nSPS) is 25.1. The van der Waals surface area contributed by atoms with Crippen LogP contribution in [0, 0.1) is 5.41 Å². The van der Waals surface area contributed by atoms with Crippen molar-refractivity contribution >= 4 is 23.1 Å². The summed E-state index contributed by atoms with van der Waals surface area (Å²) in [5.41, 5.74) is 2.77. The van der Waals surface area contributed by atoms with E-state index in [1.807, 2.05) is 24.3 Å². The van der Waals surface area contributed by atoms with Crippen LogP contribution in [0.15, 0.2) is 34.3 Å². The minimum Gasteiger partial charge on any atom is -0.497 e. The second-order valence-electron chi connectivity index (χ2n) is 7.13. The maximum absolute atomic E-state index is 11.2. The van der Waals surface area contributed by atoms with Crippen LogP contribution in [0.2, 0.25) is 0 Å². The Morgan fingerprint density at radius 2 is 2.04 bits per heavy atom. The van der Waals surface area contributed by atoms with E-state index in [2.05, 4.69) is 29.1 Å². The number of carboxylic acid groups (broad SMARTS) is 1. The first kappa shape index (κ1) is 16.5. The van der Waals surface area contributed by atoms with Gasteiger partial charge in [-0.15, -0.1) is 0 Å². The van der Waals surface area contributed by atoms with Crippen molar-refractivity contribution in [2.75, 3.05) is 19.0 Å². The van der Waals surface area contributed by atoms with Gasteiger partial charge in [-0.05, 0) is 42.5 Å². The fraction of sp³-hybridized carbons (Fsp3) is 0.500. The molecule has 6 heteroatoms. The van der Waals surface area contributed by atoms with Gasteiger partial charge < -0.3 is 15.2 Å². The Balaban J connectivity index is 1.84. The summed E-state index contributed by atoms with van der Waals surface area (Å²) in [5.74, 6) is -0.0978. The van der Waals surface area contributed by atoms with Gasteiger partial charge in [0.1, 0.15) is 5.75 Å². The zero-order chi connectivity index (χ0) is 17.3. The number of methoxy groups -OCH3 is 1. The summed E-state index contributed by atoms with van der Waals surface area (Å²) in [4.78, 5) is 20.2. The zero-order valence-corrected chi connectivity index (χ0v) is 14.2. The number of aliphatic imine (C=N–C) groups is 2. The average Bonchev–Trinajstić information content (AvgIpc) is 2.54. The molecule has 2 atom stereocenters. The van der Waals surface area contributed by atoms with Crippen LogP contribution < -0.4 is 10.1 Å². The number of nitrogens with one attached hydrogen (secondary N) is 1. The van der Waals surface area contributed by atoms with Crippen LogP contribution in [-0.4, -0.2) is 48.2 Å². The van der Waals surface area contributed by atoms with Crippen molar-refractivity contribution < 1.29 is 14.6 Å². The largest absolute Gasteiger partial charge is 0.497 e. The van der Waals surface area contributed by atoms with Crippen LogP contribution in [-0.2, 0) is 4.79 Å². The molecule has 0 radical (unpaired) electrons. The molecular weight excluding hydrogens is 306 g/mol. The van der Waals surface area contributed by atoms with Crippen molar-refractivity contribution in [3.63, 3.8) is 0 Å². The number of aliphatic carboxylic acids is 1. The summed E-state index contributed by atoms with van der Waals surface area (Å²) in [6, 6.07) is 7.06. The molecule has 1 saturated carbocycles. The van der Waals surface area contributed by atoms with E-state index in [0.29, 0.717) is 0 Å². The van der Waals surface area contributed by atoms with Gasteiger partial charge in [0.2, 0.25) is 0 Å². The Kier molecular flexibility index (Phi) is 4.30. The van der Waals surface area contributed by atoms with Gasteiger partial charge in [0.25, 0.3) is 0 Å². The van der Waals surface area contributed by atoms with E-state index in [-0.39, 0.29) is 18.0 Å². The van der Waals surface area contributed by atoms with Crippen LogP contribution in [0.5, 0.6) is 5.75 Å². The lowest BCUT2D eigenvalue weighted by Gasteiger charge is -2.39. The molecule has 2 N–H and O–H groups in total. The topological polar surface area (TPSA) is 83.3 Å². The molecule has 24 heavy (non-hydrogen) atoms. The molecule has 0 spiro atoms. The Morgan fingerprint density at radius 1 is 1.33 bits per heavy atom. The van der Waals surface area contributed by atoms with Crippen molar-refractivity contribution in [3.05, 3.63) is 24.3 Å². The Hall–Kier alpha value is -2.37. The molecule has 1 aliphatic carbocycles. The fourth-order valence-corrected chi connectivity index (χ4v) is 3.33. The summed E-state index contributed by atoms with van der Waals surface area (Å²) < 4.78 is 5.19. The monoisotopic (exact) mass is 329 g/mol. The SMILES string of the molecule is COc1ccc(NC2CC(C)(C)CC3=NC(C(=O)O)CN=C32)cc1. The van der Waals surface area contributed by atoms with Crippen molar-refractivity contribution in [2.24, 2.45) is 15.4 Å². The predicted octanol–water partition coefficient (Wildman–Crippen LogP) is 2.64. The molecule has 0 amide bonds. The van der Waals surface area contributed by atoms with Crippen molar-refractivity contribution in [1.82, 2.24) is 0 Å². The van der Waals surface area contributed by atoms with Crippen LogP contribution in [0.25, 0.3) is 0 Å². The highest BCUT2D eigenvalue weighted by atomic mass is 16.5. The van der Waals surface area contributed by atoms with Crippen LogP contribution in [0.1, 0.15) is 26.7 Å². The molecule has 3 rings (SSSR count). The maximum Gasteiger partial charge on any atom is 0.330 e. The number of nitrogens with zero attached hydrogens (tertiary/aromatic N) is 2. The highest BCUT2D eigenvalue weighted by Gasteiger charge is 2.39. The highest BCUT2D eigenvalue weighted by molar-refractivity contribution is 6.46. The van der Waals surface area contributed by atoms with Crippen LogP contribution in [0.3, 0.4) is 0 Å². The van der Waals surface area contributed by atoms with Gasteiger partial charge in [0, 0.05) is 5.69 Å². The smallest absolute Gasteiger partial charge is 0.330 e. The van der Waals surface area contributed by atoms with Crippen LogP contribution >= 0.6 is 0 Å². The van der Waals surface area contributed by atoms with Crippen molar-refractivity contribution in [1.29, 1.82) is 0 Å². The van der Waals surface area contributed by atoms with E-state index in [9.17, 15) is 9.90 Å². The maximum atomic E-state index is 11.2. The number of hydrogen-bond donors (Lipinski definition) is 2. The number of carbonyl (C=O) groups is 1. The molecule has 0 aromatic heterocycles. The van der Waals surface area contributed by atoms with Gasteiger partial charge in [-0.25, -0.2) is 4.79 Å². The number of carboxylic acids is 1. The van der Waals surface area contributed by atoms with Gasteiger partial charge in [-0.1, -0.05) is 13.8 Å². The summed E-state index contributed by atoms with van der Waals surface area (Å²) in [5, 5.41) is 12.7. The Morgan fingerprint density at radius 3 is 2.67 bits per heavy atom. The average molecular weight is 329 g/mol. The van der Waals surface area contributed by atoms with E-state index in [0.717, 1.165) is 35.7 Å². The number of benzene rings is 1. The first-order chi connectivity index (χ1) is 11.4. The van der Waals surface area contributed by atoms with Crippen LogP contribution in [0.4, 0.5) is 5.69 Å². The summed E-state index contributed by atoms with van der Waals surface area (Å²) in [6.07, 6.45) is 1.69. The number of anilines is 1. The van der Waals surface area contributed by atoms with Gasteiger partial charge in [0.15, 0.2) is 6.04 Å². The lowest BCUT2D eigenvalue weighted by molar-refractivity contribution is -0.138. The highest BCUT2D eigenvalue weighted by Crippen LogP contribution is 2.35. The van der Waals surface area contributed by atoms with E-state index >= 15 is 0 Å². The molecule has 1 aromatic rings. The zero-order valence-electron chi connectivity index (χ0n) is 14.2. The molecule has 1 fully saturated rings. The second kappa shape index (κ2) is 6.26. The summed E-state index contributed by atoms with van der Waals surface area (Å²) in [7, 11) is 1.64. The van der Waals surface area contributed by atoms with Gasteiger partial charge in [-0.2, -0.15) is 0 Å². The van der Waals surface area contributed by atoms with Crippen molar-refractivity contribution in [2.45, 2.75) is 38.8 Å². The minimum atomic E-state index is -0.909. The second-order valence-corrected chi connectivity index (χ2v) is 7.13. The quantitative estimate of drug-likeness (QED) is 0.889. The van der Waals surface area contributed by atoms with E-state index in [4.69, 9.17) is 4.74 Å². The lowest BCUT2D eigenvalue weighted by Crippen LogP contribution is -2.48. The third-order valence-electron chi connectivity index (χ3n) is 4.49. The van der Waals surface area contributed by atoms with E-state index in [1.165, 1.54) is 0 Å². The van der Waals surface area contributed by atoms with E-state index < -0.39 is 12.0 Å². The first-order valence-corrected chi connectivity index (χ1v) is 8.13. The Bertz CT molecular complexity index is 692. The molecule has 0 bridgehead atoms. The molecule has 2 unspecified atom stereocenters. The molecular formula is C18H23N3O3. The van der Waals surface area contributed by atoms with Gasteiger partial charge in [-0.3, -0.25) is 9.98 Å². The Labute approximate surface area is 141 Å². The third kappa shape index (κ3) is 3.42. The van der Waals surface area contributed by atoms with Gasteiger partial charge in [0.05, 0.1) is 31.1 Å². The lowest BCUT2D eigenvalue weighted by atomic mass is 9.72. The number of fused-ring (bicyclic) bond motifs is 1. The molecule has 128 valence electrons. The summed E-state index contributed by atoms with van der Waals surface area (Å²) >= 11 is 0. The minimum absolute atomic E-state index is 0.0376. The molecule has 2 aliphatic rings. The number of hydrogen-bond acceptors (Lipinski definition) is 5. The third-order valence-corrected chi connectivity index (χ3v) is 4.49. The number of rotatable bonds is 4. The first-order valence-electron chi connectivity index (χ1n) is 8.13.